The normalized spacial score (nSPS) is 10.1. The molecule has 1 aromatic rings. The van der Waals surface area contributed by atoms with Crippen molar-refractivity contribution in [3.63, 3.8) is 0 Å². The van der Waals surface area contributed by atoms with Crippen LogP contribution in [0.5, 0.6) is 0 Å². The fraction of sp³-hybridized carbons (Fsp3) is 0.533. The highest BCUT2D eigenvalue weighted by Gasteiger charge is 2.15. The maximum absolute atomic E-state index is 12.2. The van der Waals surface area contributed by atoms with Crippen LogP contribution in [-0.4, -0.2) is 35.4 Å². The molecule has 0 atom stereocenters. The zero-order valence-corrected chi connectivity index (χ0v) is 12.2. The van der Waals surface area contributed by atoms with Gasteiger partial charge in [0.15, 0.2) is 0 Å². The van der Waals surface area contributed by atoms with E-state index >= 15 is 0 Å². The number of methoxy groups -OCH3 is 1. The Morgan fingerprint density at radius 2 is 2.15 bits per heavy atom. The van der Waals surface area contributed by atoms with Crippen molar-refractivity contribution in [1.82, 2.24) is 9.88 Å². The first-order valence-electron chi connectivity index (χ1n) is 6.90. The fourth-order valence-electron chi connectivity index (χ4n) is 1.82. The number of hydrogen-bond donors (Lipinski definition) is 0. The van der Waals surface area contributed by atoms with E-state index in [1.807, 2.05) is 19.1 Å². The molecule has 0 saturated heterocycles. The summed E-state index contributed by atoms with van der Waals surface area (Å²) in [7, 11) is 1.35. The van der Waals surface area contributed by atoms with Crippen molar-refractivity contribution in [1.29, 1.82) is 0 Å². The molecule has 0 N–H and O–H groups in total. The van der Waals surface area contributed by atoms with Gasteiger partial charge in [0, 0.05) is 31.9 Å². The molecule has 5 nitrogen and oxygen atoms in total. The van der Waals surface area contributed by atoms with Gasteiger partial charge in [0.2, 0.25) is 5.91 Å². The van der Waals surface area contributed by atoms with Crippen LogP contribution in [-0.2, 0) is 20.9 Å². The number of aromatic nitrogens is 1. The zero-order valence-electron chi connectivity index (χ0n) is 12.2. The lowest BCUT2D eigenvalue weighted by Gasteiger charge is -2.22. The van der Waals surface area contributed by atoms with Crippen LogP contribution in [0.25, 0.3) is 0 Å². The van der Waals surface area contributed by atoms with E-state index in [1.54, 1.807) is 17.3 Å². The SMILES string of the molecule is CCCCC(=O)N(CCC(=O)OC)Cc1cccnc1. The molecule has 0 aliphatic heterocycles. The first-order chi connectivity index (χ1) is 9.67. The molecule has 1 amide bonds. The lowest BCUT2D eigenvalue weighted by molar-refractivity contribution is -0.142. The summed E-state index contributed by atoms with van der Waals surface area (Å²) in [5, 5.41) is 0. The molecule has 0 aliphatic rings. The topological polar surface area (TPSA) is 59.5 Å². The second-order valence-corrected chi connectivity index (χ2v) is 4.61. The van der Waals surface area contributed by atoms with Crippen LogP contribution in [0.2, 0.25) is 0 Å². The molecule has 0 bridgehead atoms. The number of unbranched alkanes of at least 4 members (excludes halogenated alkanes) is 1. The minimum Gasteiger partial charge on any atom is -0.469 e. The van der Waals surface area contributed by atoms with Crippen LogP contribution in [0.4, 0.5) is 0 Å². The largest absolute Gasteiger partial charge is 0.469 e. The molecule has 20 heavy (non-hydrogen) atoms. The minimum absolute atomic E-state index is 0.0691. The number of pyridine rings is 1. The third-order valence-corrected chi connectivity index (χ3v) is 3.01. The van der Waals surface area contributed by atoms with Crippen molar-refractivity contribution < 1.29 is 14.3 Å². The van der Waals surface area contributed by atoms with Crippen LogP contribution in [0.15, 0.2) is 24.5 Å². The Hall–Kier alpha value is -1.91. The highest BCUT2D eigenvalue weighted by Crippen LogP contribution is 2.08. The van der Waals surface area contributed by atoms with Crippen molar-refractivity contribution in [3.05, 3.63) is 30.1 Å². The number of ether oxygens (including phenoxy) is 1. The fourth-order valence-corrected chi connectivity index (χ4v) is 1.82. The molecule has 0 spiro atoms. The lowest BCUT2D eigenvalue weighted by Crippen LogP contribution is -2.32. The molecule has 0 unspecified atom stereocenters. The molecule has 0 fully saturated rings. The van der Waals surface area contributed by atoms with E-state index in [-0.39, 0.29) is 18.3 Å². The summed E-state index contributed by atoms with van der Waals surface area (Å²) in [6.45, 7) is 2.91. The molecular weight excluding hydrogens is 256 g/mol. The van der Waals surface area contributed by atoms with E-state index in [0.717, 1.165) is 18.4 Å². The molecule has 0 radical (unpaired) electrons. The van der Waals surface area contributed by atoms with Crippen LogP contribution in [0, 0.1) is 0 Å². The van der Waals surface area contributed by atoms with Gasteiger partial charge in [0.25, 0.3) is 0 Å². The predicted octanol–water partition coefficient (Wildman–Crippen LogP) is 2.16. The van der Waals surface area contributed by atoms with Crippen LogP contribution in [0.1, 0.15) is 38.2 Å². The van der Waals surface area contributed by atoms with Gasteiger partial charge in [-0.15, -0.1) is 0 Å². The molecule has 0 aromatic carbocycles. The molecule has 1 heterocycles. The summed E-state index contributed by atoms with van der Waals surface area (Å²) in [6.07, 6.45) is 6.00. The zero-order chi connectivity index (χ0) is 14.8. The molecule has 5 heteroatoms. The Kier molecular flexibility index (Phi) is 7.32. The van der Waals surface area contributed by atoms with Gasteiger partial charge < -0.3 is 9.64 Å². The molecule has 110 valence electrons. The monoisotopic (exact) mass is 278 g/mol. The average molecular weight is 278 g/mol. The summed E-state index contributed by atoms with van der Waals surface area (Å²) in [6, 6.07) is 3.76. The first-order valence-corrected chi connectivity index (χ1v) is 6.90. The summed E-state index contributed by atoms with van der Waals surface area (Å²) in [5.41, 5.74) is 0.960. The number of rotatable bonds is 8. The Morgan fingerprint density at radius 3 is 2.75 bits per heavy atom. The second kappa shape index (κ2) is 9.07. The molecule has 0 saturated carbocycles. The van der Waals surface area contributed by atoms with Crippen LogP contribution in [0.3, 0.4) is 0 Å². The summed E-state index contributed by atoms with van der Waals surface area (Å²) in [4.78, 5) is 29.1. The number of esters is 1. The van der Waals surface area contributed by atoms with Crippen LogP contribution >= 0.6 is 0 Å². The first kappa shape index (κ1) is 16.1. The van der Waals surface area contributed by atoms with Gasteiger partial charge in [-0.25, -0.2) is 0 Å². The van der Waals surface area contributed by atoms with E-state index in [1.165, 1.54) is 7.11 Å². The molecule has 1 rings (SSSR count). The highest BCUT2D eigenvalue weighted by molar-refractivity contribution is 5.77. The maximum atomic E-state index is 12.2. The summed E-state index contributed by atoms with van der Waals surface area (Å²) >= 11 is 0. The van der Waals surface area contributed by atoms with Gasteiger partial charge in [-0.2, -0.15) is 0 Å². The quantitative estimate of drug-likeness (QED) is 0.684. The van der Waals surface area contributed by atoms with Gasteiger partial charge in [-0.1, -0.05) is 19.4 Å². The van der Waals surface area contributed by atoms with Gasteiger partial charge in [0.1, 0.15) is 0 Å². The Balaban J connectivity index is 2.63. The maximum Gasteiger partial charge on any atom is 0.307 e. The number of nitrogens with zero attached hydrogens (tertiary/aromatic N) is 2. The predicted molar refractivity (Wildman–Crippen MR) is 75.8 cm³/mol. The number of hydrogen-bond acceptors (Lipinski definition) is 4. The van der Waals surface area contributed by atoms with Crippen LogP contribution < -0.4 is 0 Å². The Labute approximate surface area is 119 Å². The van der Waals surface area contributed by atoms with Crippen molar-refractivity contribution in [3.8, 4) is 0 Å². The number of carbonyl (C=O) groups excluding carboxylic acids is 2. The lowest BCUT2D eigenvalue weighted by atomic mass is 10.2. The Bertz CT molecular complexity index is 420. The molecule has 1 aromatic heterocycles. The smallest absolute Gasteiger partial charge is 0.307 e. The average Bonchev–Trinajstić information content (AvgIpc) is 2.49. The second-order valence-electron chi connectivity index (χ2n) is 4.61. The van der Waals surface area contributed by atoms with E-state index in [2.05, 4.69) is 9.72 Å². The van der Waals surface area contributed by atoms with Crippen molar-refractivity contribution in [2.75, 3.05) is 13.7 Å². The van der Waals surface area contributed by atoms with Crippen molar-refractivity contribution >= 4 is 11.9 Å². The van der Waals surface area contributed by atoms with Gasteiger partial charge >= 0.3 is 5.97 Å². The van der Waals surface area contributed by atoms with Crippen molar-refractivity contribution in [2.24, 2.45) is 0 Å². The third kappa shape index (κ3) is 5.82. The van der Waals surface area contributed by atoms with Gasteiger partial charge in [-0.05, 0) is 18.1 Å². The standard InChI is InChI=1S/C15H22N2O3/c1-3-4-7-14(18)17(10-8-15(19)20-2)12-13-6-5-9-16-11-13/h5-6,9,11H,3-4,7-8,10,12H2,1-2H3. The van der Waals surface area contributed by atoms with E-state index in [0.29, 0.717) is 19.5 Å². The molecular formula is C15H22N2O3. The van der Waals surface area contributed by atoms with Gasteiger partial charge in [0.05, 0.1) is 13.5 Å². The summed E-state index contributed by atoms with van der Waals surface area (Å²) in [5.74, 6) is -0.232. The number of amides is 1. The van der Waals surface area contributed by atoms with Crippen molar-refractivity contribution in [2.45, 2.75) is 39.2 Å². The molecule has 0 aliphatic carbocycles. The number of carbonyl (C=O) groups is 2. The Morgan fingerprint density at radius 1 is 1.35 bits per heavy atom. The van der Waals surface area contributed by atoms with E-state index in [9.17, 15) is 9.59 Å². The third-order valence-electron chi connectivity index (χ3n) is 3.01. The summed E-state index contributed by atoms with van der Waals surface area (Å²) < 4.78 is 4.62. The van der Waals surface area contributed by atoms with E-state index < -0.39 is 0 Å². The minimum atomic E-state index is -0.301. The van der Waals surface area contributed by atoms with Gasteiger partial charge in [-0.3, -0.25) is 14.6 Å². The van der Waals surface area contributed by atoms with E-state index in [4.69, 9.17) is 0 Å². The highest BCUT2D eigenvalue weighted by atomic mass is 16.5.